The Bertz CT molecular complexity index is 1490. The minimum absolute atomic E-state index is 0.0745. The average Bonchev–Trinajstić information content (AvgIpc) is 3.49. The van der Waals surface area contributed by atoms with E-state index >= 15 is 0 Å². The fourth-order valence-electron chi connectivity index (χ4n) is 4.34. The third kappa shape index (κ3) is 5.05. The first-order valence-electron chi connectivity index (χ1n) is 11.9. The molecule has 0 saturated carbocycles. The zero-order valence-electron chi connectivity index (χ0n) is 20.6. The average molecular weight is 554 g/mol. The number of benzene rings is 3. The summed E-state index contributed by atoms with van der Waals surface area (Å²) in [5.74, 6) is 1.09. The van der Waals surface area contributed by atoms with Crippen molar-refractivity contribution in [1.82, 2.24) is 4.98 Å². The molecule has 0 fully saturated rings. The van der Waals surface area contributed by atoms with Gasteiger partial charge < -0.3 is 24.6 Å². The van der Waals surface area contributed by atoms with Gasteiger partial charge in [0.1, 0.15) is 24.2 Å². The van der Waals surface area contributed by atoms with Crippen molar-refractivity contribution in [2.75, 3.05) is 36.1 Å². The second kappa shape index (κ2) is 11.0. The Morgan fingerprint density at radius 3 is 2.63 bits per heavy atom. The van der Waals surface area contributed by atoms with E-state index in [-0.39, 0.29) is 11.4 Å². The Balaban J connectivity index is 1.51. The van der Waals surface area contributed by atoms with Crippen LogP contribution in [-0.4, -0.2) is 50.5 Å². The minimum atomic E-state index is -4.00. The highest BCUT2D eigenvalue weighted by Crippen LogP contribution is 2.41. The molecule has 0 aliphatic carbocycles. The van der Waals surface area contributed by atoms with Gasteiger partial charge in [0.2, 0.25) is 0 Å². The minimum Gasteiger partial charge on any atom is -0.497 e. The fourth-order valence-corrected chi connectivity index (χ4v) is 6.64. The number of aliphatic hydroxyl groups is 2. The molecule has 0 radical (unpaired) electrons. The van der Waals surface area contributed by atoms with Crippen molar-refractivity contribution in [2.45, 2.75) is 17.5 Å². The van der Waals surface area contributed by atoms with Crippen LogP contribution < -0.4 is 18.7 Å². The first-order chi connectivity index (χ1) is 18.4. The Kier molecular flexibility index (Phi) is 7.52. The summed E-state index contributed by atoms with van der Waals surface area (Å²) in [5.41, 5.74) is 2.75. The van der Waals surface area contributed by atoms with E-state index in [9.17, 15) is 18.6 Å². The summed E-state index contributed by atoms with van der Waals surface area (Å²) in [6.07, 6.45) is 0.532. The summed E-state index contributed by atoms with van der Waals surface area (Å²) in [6.45, 7) is 0.502. The predicted octanol–water partition coefficient (Wildman–Crippen LogP) is 4.10. The van der Waals surface area contributed by atoms with E-state index in [1.54, 1.807) is 55.1 Å². The Morgan fingerprint density at radius 2 is 1.92 bits per heavy atom. The number of fused-ring (bicyclic) bond motifs is 1. The predicted molar refractivity (Wildman–Crippen MR) is 146 cm³/mol. The highest BCUT2D eigenvalue weighted by Gasteiger charge is 2.30. The molecule has 9 nitrogen and oxygen atoms in total. The quantitative estimate of drug-likeness (QED) is 0.319. The fraction of sp³-hybridized carbons (Fsp3) is 0.222. The highest BCUT2D eigenvalue weighted by molar-refractivity contribution is 7.93. The maximum atomic E-state index is 13.9. The van der Waals surface area contributed by atoms with Gasteiger partial charge in [-0.25, -0.2) is 17.7 Å². The Morgan fingerprint density at radius 1 is 1.13 bits per heavy atom. The van der Waals surface area contributed by atoms with Crippen molar-refractivity contribution in [3.05, 3.63) is 89.4 Å². The Hall–Kier alpha value is -3.64. The normalized spacial score (nSPS) is 13.9. The largest absolute Gasteiger partial charge is 0.497 e. The zero-order valence-corrected chi connectivity index (χ0v) is 22.2. The van der Waals surface area contributed by atoms with Gasteiger partial charge >= 0.3 is 0 Å². The van der Waals surface area contributed by atoms with E-state index in [0.717, 1.165) is 11.3 Å². The number of hydrogen-bond donors (Lipinski definition) is 2. The van der Waals surface area contributed by atoms with E-state index < -0.39 is 22.7 Å². The molecule has 0 bridgehead atoms. The van der Waals surface area contributed by atoms with E-state index in [1.807, 2.05) is 29.2 Å². The first kappa shape index (κ1) is 26.0. The number of ether oxygens (including phenoxy) is 2. The monoisotopic (exact) mass is 553 g/mol. The summed E-state index contributed by atoms with van der Waals surface area (Å²) < 4.78 is 40.2. The van der Waals surface area contributed by atoms with Gasteiger partial charge in [-0.05, 0) is 35.9 Å². The molecule has 5 rings (SSSR count). The second-order valence-electron chi connectivity index (χ2n) is 8.56. The summed E-state index contributed by atoms with van der Waals surface area (Å²) in [7, 11) is -2.42. The molecule has 1 unspecified atom stereocenters. The van der Waals surface area contributed by atoms with Crippen LogP contribution >= 0.6 is 11.3 Å². The van der Waals surface area contributed by atoms with Crippen LogP contribution in [0.2, 0.25) is 0 Å². The van der Waals surface area contributed by atoms with E-state index in [2.05, 4.69) is 4.98 Å². The summed E-state index contributed by atoms with van der Waals surface area (Å²) >= 11 is 1.24. The van der Waals surface area contributed by atoms with Gasteiger partial charge in [-0.2, -0.15) is 0 Å². The standard InChI is InChI=1S/C27H27N3O6S2/c1-35-20-8-6-19(7-9-20)17-30(27-28-12-15-37-27)38(33,34)21-10-11-24-26(16-21)36-14-13-29(24)23-5-3-2-4-22(23)25(32)18-31/h2-12,15-16,25,31-32H,13-14,17-18H2,1H3. The number of para-hydroxylation sites is 1. The SMILES string of the molecule is COc1ccc(CN(c2nccs2)S(=O)(=O)c2ccc3c(c2)OCCN3c2ccccc2C(O)CO)cc1. The highest BCUT2D eigenvalue weighted by atomic mass is 32.2. The number of anilines is 3. The third-order valence-corrected chi connectivity index (χ3v) is 8.90. The third-order valence-electron chi connectivity index (χ3n) is 6.26. The van der Waals surface area contributed by atoms with Crippen LogP contribution in [0.3, 0.4) is 0 Å². The first-order valence-corrected chi connectivity index (χ1v) is 14.2. The second-order valence-corrected chi connectivity index (χ2v) is 11.3. The number of hydrogen-bond acceptors (Lipinski definition) is 9. The number of nitrogens with zero attached hydrogens (tertiary/aromatic N) is 3. The number of methoxy groups -OCH3 is 1. The molecule has 38 heavy (non-hydrogen) atoms. The van der Waals surface area contributed by atoms with Gasteiger partial charge in [-0.3, -0.25) is 0 Å². The summed E-state index contributed by atoms with van der Waals surface area (Å²) in [5, 5.41) is 21.9. The van der Waals surface area contributed by atoms with E-state index in [1.165, 1.54) is 21.7 Å². The molecule has 0 saturated heterocycles. The molecule has 2 N–H and O–H groups in total. The molecule has 3 aromatic carbocycles. The lowest BCUT2D eigenvalue weighted by Crippen LogP contribution is -2.32. The summed E-state index contributed by atoms with van der Waals surface area (Å²) in [4.78, 5) is 6.30. The molecule has 0 spiro atoms. The number of aromatic nitrogens is 1. The topological polar surface area (TPSA) is 112 Å². The number of aliphatic hydroxyl groups excluding tert-OH is 2. The van der Waals surface area contributed by atoms with Crippen LogP contribution in [0, 0.1) is 0 Å². The molecular weight excluding hydrogens is 526 g/mol. The van der Waals surface area contributed by atoms with Crippen LogP contribution in [0.5, 0.6) is 11.5 Å². The van der Waals surface area contributed by atoms with Gasteiger partial charge in [0, 0.05) is 28.9 Å². The molecule has 1 aromatic heterocycles. The maximum absolute atomic E-state index is 13.9. The van der Waals surface area contributed by atoms with Gasteiger partial charge in [-0.1, -0.05) is 30.3 Å². The number of rotatable bonds is 9. The molecule has 1 aliphatic heterocycles. The molecule has 0 amide bonds. The van der Waals surface area contributed by atoms with Gasteiger partial charge in [0.05, 0.1) is 37.4 Å². The van der Waals surface area contributed by atoms with Crippen molar-refractivity contribution in [2.24, 2.45) is 0 Å². The lowest BCUT2D eigenvalue weighted by Gasteiger charge is -2.33. The number of sulfonamides is 1. The summed E-state index contributed by atoms with van der Waals surface area (Å²) in [6, 6.07) is 19.3. The lowest BCUT2D eigenvalue weighted by molar-refractivity contribution is 0.0959. The van der Waals surface area contributed by atoms with Crippen LogP contribution in [0.1, 0.15) is 17.2 Å². The van der Waals surface area contributed by atoms with E-state index in [4.69, 9.17) is 9.47 Å². The lowest BCUT2D eigenvalue weighted by atomic mass is 10.1. The van der Waals surface area contributed by atoms with Crippen LogP contribution in [0.25, 0.3) is 0 Å². The molecule has 1 atom stereocenters. The van der Waals surface area contributed by atoms with Crippen LogP contribution in [0.4, 0.5) is 16.5 Å². The molecule has 2 heterocycles. The number of thiazole rings is 1. The molecule has 1 aliphatic rings. The molecule has 4 aromatic rings. The van der Waals surface area contributed by atoms with Gasteiger partial charge in [0.15, 0.2) is 5.13 Å². The van der Waals surface area contributed by atoms with Crippen molar-refractivity contribution in [3.8, 4) is 11.5 Å². The van der Waals surface area contributed by atoms with Crippen molar-refractivity contribution < 1.29 is 28.1 Å². The molecular formula is C27H27N3O6S2. The smallest absolute Gasteiger partial charge is 0.266 e. The van der Waals surface area contributed by atoms with Crippen molar-refractivity contribution >= 4 is 37.9 Å². The molecule has 11 heteroatoms. The maximum Gasteiger partial charge on any atom is 0.266 e. The molecule has 198 valence electrons. The van der Waals surface area contributed by atoms with Gasteiger partial charge in [-0.15, -0.1) is 11.3 Å². The van der Waals surface area contributed by atoms with Crippen molar-refractivity contribution in [1.29, 1.82) is 0 Å². The van der Waals surface area contributed by atoms with Crippen LogP contribution in [-0.2, 0) is 16.6 Å². The Labute approximate surface area is 225 Å². The zero-order chi connectivity index (χ0) is 26.7. The van der Waals surface area contributed by atoms with Crippen molar-refractivity contribution in [3.63, 3.8) is 0 Å². The van der Waals surface area contributed by atoms with Gasteiger partial charge in [0.25, 0.3) is 10.0 Å². The van der Waals surface area contributed by atoms with E-state index in [0.29, 0.717) is 41.0 Å². The van der Waals surface area contributed by atoms with Crippen LogP contribution in [0.15, 0.2) is 83.2 Å².